The lowest BCUT2D eigenvalue weighted by Gasteiger charge is -2.25. The lowest BCUT2D eigenvalue weighted by molar-refractivity contribution is 0.0963. The Hall–Kier alpha value is -0.373. The van der Waals surface area contributed by atoms with Crippen molar-refractivity contribution in [1.29, 1.82) is 5.26 Å². The minimum atomic E-state index is -1.61. The lowest BCUT2D eigenvalue weighted by atomic mass is 10.1. The second kappa shape index (κ2) is 5.38. The summed E-state index contributed by atoms with van der Waals surface area (Å²) in [4.78, 5) is 0. The Morgan fingerprint density at radius 3 is 2.23 bits per heavy atom. The topological polar surface area (TPSA) is 42.2 Å². The van der Waals surface area contributed by atoms with Gasteiger partial charge in [-0.25, -0.2) is 0 Å². The van der Waals surface area contributed by atoms with Gasteiger partial charge in [0.2, 0.25) is 0 Å². The number of rotatable bonds is 5. The molecule has 0 aromatic rings. The molecule has 2 unspecified atom stereocenters. The molecule has 0 saturated carbocycles. The molecule has 13 heavy (non-hydrogen) atoms. The van der Waals surface area contributed by atoms with Gasteiger partial charge in [0.25, 0.3) is 0 Å². The normalized spacial score (nSPS) is 16.3. The predicted molar refractivity (Wildman–Crippen MR) is 54.9 cm³/mol. The van der Waals surface area contributed by atoms with Crippen LogP contribution >= 0.6 is 0 Å². The third-order valence-electron chi connectivity index (χ3n) is 1.55. The number of hydrogen-bond acceptors (Lipinski definition) is 3. The first-order valence-corrected chi connectivity index (χ1v) is 7.88. The van der Waals surface area contributed by atoms with E-state index in [1.165, 1.54) is 0 Å². The molecule has 0 fully saturated rings. The fourth-order valence-electron chi connectivity index (χ4n) is 1.00. The Balaban J connectivity index is 4.12. The molecule has 0 saturated heterocycles. The molecule has 76 valence electrons. The van der Waals surface area contributed by atoms with Crippen molar-refractivity contribution in [3.63, 3.8) is 0 Å². The molecular weight excluding hydrogens is 182 g/mol. The summed E-state index contributed by atoms with van der Waals surface area (Å²) in [5.41, 5.74) is 0. The standard InChI is InChI=1S/C9H19NO2Si/c1-8(7-11-2)9(6-10)12-13(3,4)5/h8-9H,7H2,1-5H3. The van der Waals surface area contributed by atoms with E-state index in [-0.39, 0.29) is 12.0 Å². The van der Waals surface area contributed by atoms with Crippen molar-refractivity contribution in [1.82, 2.24) is 0 Å². The van der Waals surface area contributed by atoms with Crippen LogP contribution in [-0.4, -0.2) is 28.1 Å². The smallest absolute Gasteiger partial charge is 0.185 e. The third-order valence-corrected chi connectivity index (χ3v) is 2.52. The summed E-state index contributed by atoms with van der Waals surface area (Å²) in [5.74, 6) is 0.140. The van der Waals surface area contributed by atoms with Gasteiger partial charge in [0.15, 0.2) is 8.32 Å². The van der Waals surface area contributed by atoms with E-state index in [0.717, 1.165) is 0 Å². The van der Waals surface area contributed by atoms with Gasteiger partial charge in [0.05, 0.1) is 12.7 Å². The molecule has 0 amide bonds. The highest BCUT2D eigenvalue weighted by atomic mass is 28.4. The summed E-state index contributed by atoms with van der Waals surface area (Å²) in [6.07, 6.45) is -0.327. The zero-order valence-electron chi connectivity index (χ0n) is 9.13. The van der Waals surface area contributed by atoms with Crippen LogP contribution < -0.4 is 0 Å². The second-order valence-electron chi connectivity index (χ2n) is 4.21. The molecule has 0 aliphatic carbocycles. The van der Waals surface area contributed by atoms with Crippen molar-refractivity contribution in [2.75, 3.05) is 13.7 Å². The SMILES string of the molecule is COCC(C)C(C#N)O[Si](C)(C)C. The molecule has 2 atom stereocenters. The van der Waals surface area contributed by atoms with Gasteiger partial charge < -0.3 is 9.16 Å². The van der Waals surface area contributed by atoms with Gasteiger partial charge in [0.1, 0.15) is 6.10 Å². The van der Waals surface area contributed by atoms with Crippen molar-refractivity contribution in [2.45, 2.75) is 32.7 Å². The van der Waals surface area contributed by atoms with E-state index in [2.05, 4.69) is 25.7 Å². The molecule has 3 nitrogen and oxygen atoms in total. The number of methoxy groups -OCH3 is 1. The van der Waals surface area contributed by atoms with Crippen LogP contribution in [0.4, 0.5) is 0 Å². The molecule has 0 radical (unpaired) electrons. The summed E-state index contributed by atoms with van der Waals surface area (Å²) < 4.78 is 10.7. The van der Waals surface area contributed by atoms with Crippen molar-refractivity contribution in [3.05, 3.63) is 0 Å². The summed E-state index contributed by atoms with van der Waals surface area (Å²) >= 11 is 0. The highest BCUT2D eigenvalue weighted by molar-refractivity contribution is 6.69. The first-order chi connectivity index (χ1) is 5.90. The van der Waals surface area contributed by atoms with Crippen LogP contribution in [0.1, 0.15) is 6.92 Å². The maximum absolute atomic E-state index is 8.88. The van der Waals surface area contributed by atoms with Crippen molar-refractivity contribution in [3.8, 4) is 6.07 Å². The fraction of sp³-hybridized carbons (Fsp3) is 0.889. The van der Waals surface area contributed by atoms with Gasteiger partial charge in [-0.2, -0.15) is 5.26 Å². The molecule has 0 heterocycles. The van der Waals surface area contributed by atoms with E-state index in [4.69, 9.17) is 14.4 Å². The second-order valence-corrected chi connectivity index (χ2v) is 8.67. The highest BCUT2D eigenvalue weighted by Crippen LogP contribution is 2.14. The van der Waals surface area contributed by atoms with Gasteiger partial charge in [-0.1, -0.05) is 6.92 Å². The first-order valence-electron chi connectivity index (χ1n) is 4.47. The Morgan fingerprint density at radius 1 is 1.38 bits per heavy atom. The fourth-order valence-corrected chi connectivity index (χ4v) is 2.05. The number of ether oxygens (including phenoxy) is 1. The van der Waals surface area contributed by atoms with E-state index < -0.39 is 8.32 Å². The Kier molecular flexibility index (Phi) is 5.22. The largest absolute Gasteiger partial charge is 0.402 e. The molecule has 0 spiro atoms. The number of nitriles is 1. The molecule has 0 rings (SSSR count). The molecule has 0 aliphatic rings. The third kappa shape index (κ3) is 5.80. The first kappa shape index (κ1) is 12.6. The van der Waals surface area contributed by atoms with Crippen LogP contribution in [0.25, 0.3) is 0 Å². The Labute approximate surface area is 81.8 Å². The van der Waals surface area contributed by atoms with Gasteiger partial charge in [-0.15, -0.1) is 0 Å². The van der Waals surface area contributed by atoms with E-state index in [0.29, 0.717) is 6.61 Å². The van der Waals surface area contributed by atoms with E-state index in [9.17, 15) is 0 Å². The minimum Gasteiger partial charge on any atom is -0.402 e. The maximum Gasteiger partial charge on any atom is 0.185 e. The van der Waals surface area contributed by atoms with Crippen LogP contribution in [0.5, 0.6) is 0 Å². The zero-order chi connectivity index (χ0) is 10.5. The highest BCUT2D eigenvalue weighted by Gasteiger charge is 2.25. The van der Waals surface area contributed by atoms with Crippen LogP contribution in [-0.2, 0) is 9.16 Å². The van der Waals surface area contributed by atoms with E-state index >= 15 is 0 Å². The molecule has 0 aromatic carbocycles. The molecular formula is C9H19NO2Si. The summed E-state index contributed by atoms with van der Waals surface area (Å²) in [6, 6.07) is 2.18. The molecule has 0 bridgehead atoms. The summed E-state index contributed by atoms with van der Waals surface area (Å²) in [5, 5.41) is 8.88. The Bertz CT molecular complexity index is 183. The van der Waals surface area contributed by atoms with E-state index in [1.807, 2.05) is 6.92 Å². The van der Waals surface area contributed by atoms with E-state index in [1.54, 1.807) is 7.11 Å². The minimum absolute atomic E-state index is 0.140. The molecule has 0 N–H and O–H groups in total. The van der Waals surface area contributed by atoms with Crippen LogP contribution in [0.2, 0.25) is 19.6 Å². The van der Waals surface area contributed by atoms with Crippen LogP contribution in [0, 0.1) is 17.2 Å². The van der Waals surface area contributed by atoms with Crippen LogP contribution in [0.3, 0.4) is 0 Å². The van der Waals surface area contributed by atoms with Gasteiger partial charge >= 0.3 is 0 Å². The van der Waals surface area contributed by atoms with Crippen molar-refractivity contribution >= 4 is 8.32 Å². The predicted octanol–water partition coefficient (Wildman–Crippen LogP) is 2.01. The quantitative estimate of drug-likeness (QED) is 0.639. The van der Waals surface area contributed by atoms with Crippen molar-refractivity contribution < 1.29 is 9.16 Å². The number of hydrogen-bond donors (Lipinski definition) is 0. The van der Waals surface area contributed by atoms with Gasteiger partial charge in [-0.3, -0.25) is 0 Å². The molecule has 4 heteroatoms. The molecule has 0 aliphatic heterocycles. The maximum atomic E-state index is 8.88. The van der Waals surface area contributed by atoms with Crippen LogP contribution in [0.15, 0.2) is 0 Å². The average molecular weight is 201 g/mol. The lowest BCUT2D eigenvalue weighted by Crippen LogP contribution is -2.36. The summed E-state index contributed by atoms with van der Waals surface area (Å²) in [7, 11) is 0.0272. The van der Waals surface area contributed by atoms with Gasteiger partial charge in [-0.05, 0) is 19.6 Å². The Morgan fingerprint density at radius 2 is 1.92 bits per heavy atom. The molecule has 0 aromatic heterocycles. The zero-order valence-corrected chi connectivity index (χ0v) is 10.1. The average Bonchev–Trinajstić information content (AvgIpc) is 1.99. The monoisotopic (exact) mass is 201 g/mol. The van der Waals surface area contributed by atoms with Gasteiger partial charge in [0, 0.05) is 13.0 Å². The number of nitrogens with zero attached hydrogens (tertiary/aromatic N) is 1. The summed E-state index contributed by atoms with van der Waals surface area (Å²) in [6.45, 7) is 8.78. The van der Waals surface area contributed by atoms with Crippen molar-refractivity contribution in [2.24, 2.45) is 5.92 Å².